The number of carbonyl (C=O) groups excluding carboxylic acids is 1. The number of benzene rings is 1. The van der Waals surface area contributed by atoms with E-state index in [0.29, 0.717) is 37.8 Å². The van der Waals surface area contributed by atoms with E-state index in [4.69, 9.17) is 23.8 Å². The van der Waals surface area contributed by atoms with Crippen LogP contribution < -0.4 is 10.9 Å². The molecule has 2 aromatic heterocycles. The fourth-order valence-electron chi connectivity index (χ4n) is 3.31. The maximum atomic E-state index is 13.2. The van der Waals surface area contributed by atoms with Crippen molar-refractivity contribution in [1.29, 1.82) is 0 Å². The molecule has 1 saturated heterocycles. The summed E-state index contributed by atoms with van der Waals surface area (Å²) in [6.45, 7) is 4.68. The summed E-state index contributed by atoms with van der Waals surface area (Å²) in [7, 11) is 0. The van der Waals surface area contributed by atoms with Crippen LogP contribution in [0, 0.1) is 6.92 Å². The molecular weight excluding hydrogens is 452 g/mol. The van der Waals surface area contributed by atoms with Crippen LogP contribution in [0.2, 0.25) is 5.02 Å². The van der Waals surface area contributed by atoms with Crippen LogP contribution in [0.3, 0.4) is 0 Å². The lowest BCUT2D eigenvalue weighted by Gasteiger charge is -2.15. The second-order valence-electron chi connectivity index (χ2n) is 6.95. The number of thiocarbonyl (C=S) groups is 1. The fraction of sp³-hybridized carbons (Fsp3) is 0.182. The van der Waals surface area contributed by atoms with Gasteiger partial charge >= 0.3 is 0 Å². The van der Waals surface area contributed by atoms with Gasteiger partial charge in [-0.2, -0.15) is 0 Å². The molecule has 3 heterocycles. The van der Waals surface area contributed by atoms with E-state index in [1.54, 1.807) is 24.4 Å². The third kappa shape index (κ3) is 4.11. The first-order valence-corrected chi connectivity index (χ1v) is 11.3. The Balaban J connectivity index is 1.76. The molecule has 1 aromatic carbocycles. The van der Waals surface area contributed by atoms with E-state index in [-0.39, 0.29) is 18.0 Å². The Hall–Kier alpha value is -2.68. The number of hydrogen-bond donors (Lipinski definition) is 1. The molecule has 0 radical (unpaired) electrons. The highest BCUT2D eigenvalue weighted by molar-refractivity contribution is 8.26. The van der Waals surface area contributed by atoms with Crippen LogP contribution >= 0.6 is 35.6 Å². The van der Waals surface area contributed by atoms with Gasteiger partial charge < -0.3 is 5.32 Å². The predicted octanol–water partition coefficient (Wildman–Crippen LogP) is 4.49. The van der Waals surface area contributed by atoms with Crippen molar-refractivity contribution < 1.29 is 4.79 Å². The van der Waals surface area contributed by atoms with Crippen LogP contribution in [-0.2, 0) is 11.3 Å². The zero-order chi connectivity index (χ0) is 22.1. The molecule has 0 aliphatic carbocycles. The van der Waals surface area contributed by atoms with E-state index in [1.165, 1.54) is 21.1 Å². The number of amides is 1. The molecule has 158 valence electrons. The third-order valence-corrected chi connectivity index (χ3v) is 6.61. The van der Waals surface area contributed by atoms with Crippen LogP contribution in [-0.4, -0.2) is 31.1 Å². The van der Waals surface area contributed by atoms with Gasteiger partial charge in [0.2, 0.25) is 0 Å². The smallest absolute Gasteiger partial charge is 0.267 e. The van der Waals surface area contributed by atoms with E-state index >= 15 is 0 Å². The first-order valence-electron chi connectivity index (χ1n) is 9.65. The van der Waals surface area contributed by atoms with Gasteiger partial charge in [0.15, 0.2) is 0 Å². The van der Waals surface area contributed by atoms with Crippen LogP contribution in [0.4, 0.5) is 5.82 Å². The minimum atomic E-state index is -0.258. The lowest BCUT2D eigenvalue weighted by atomic mass is 10.2. The second kappa shape index (κ2) is 8.82. The number of nitrogens with zero attached hydrogens (tertiary/aromatic N) is 3. The number of fused-ring (bicyclic) bond motifs is 1. The SMILES string of the molecule is CCNc1nc2c(C)cccn2c(=O)c1/C=C1/SC(=S)N(Cc2ccccc2Cl)C1=O. The molecule has 31 heavy (non-hydrogen) atoms. The minimum Gasteiger partial charge on any atom is -0.370 e. The Morgan fingerprint density at radius 1 is 1.23 bits per heavy atom. The molecule has 1 amide bonds. The van der Waals surface area contributed by atoms with Gasteiger partial charge in [0.25, 0.3) is 11.5 Å². The molecule has 3 aromatic rings. The number of rotatable bonds is 5. The molecule has 0 spiro atoms. The highest BCUT2D eigenvalue weighted by Crippen LogP contribution is 2.34. The number of aryl methyl sites for hydroxylation is 1. The van der Waals surface area contributed by atoms with Gasteiger partial charge in [-0.1, -0.05) is 59.8 Å². The first kappa shape index (κ1) is 21.5. The summed E-state index contributed by atoms with van der Waals surface area (Å²) in [6, 6.07) is 11.0. The summed E-state index contributed by atoms with van der Waals surface area (Å²) >= 11 is 12.8. The van der Waals surface area contributed by atoms with Gasteiger partial charge in [-0.3, -0.25) is 18.9 Å². The zero-order valence-corrected chi connectivity index (χ0v) is 19.3. The van der Waals surface area contributed by atoms with Crippen LogP contribution in [0.15, 0.2) is 52.3 Å². The average Bonchev–Trinajstić information content (AvgIpc) is 3.00. The van der Waals surface area contributed by atoms with Crippen LogP contribution in [0.5, 0.6) is 0 Å². The number of hydrogen-bond acceptors (Lipinski definition) is 6. The Labute approximate surface area is 193 Å². The van der Waals surface area contributed by atoms with E-state index in [2.05, 4.69) is 10.3 Å². The molecule has 4 rings (SSSR count). The summed E-state index contributed by atoms with van der Waals surface area (Å²) in [5.74, 6) is 0.185. The lowest BCUT2D eigenvalue weighted by Crippen LogP contribution is -2.27. The maximum Gasteiger partial charge on any atom is 0.267 e. The van der Waals surface area contributed by atoms with Gasteiger partial charge in [-0.05, 0) is 43.2 Å². The monoisotopic (exact) mass is 470 g/mol. The maximum absolute atomic E-state index is 13.2. The zero-order valence-electron chi connectivity index (χ0n) is 16.9. The highest BCUT2D eigenvalue weighted by Gasteiger charge is 2.33. The Bertz CT molecular complexity index is 1300. The topological polar surface area (TPSA) is 66.7 Å². The molecule has 9 heteroatoms. The Kier molecular flexibility index (Phi) is 6.13. The minimum absolute atomic E-state index is 0.249. The molecule has 0 unspecified atom stereocenters. The summed E-state index contributed by atoms with van der Waals surface area (Å²) < 4.78 is 1.91. The van der Waals surface area contributed by atoms with Crippen molar-refractivity contribution in [2.75, 3.05) is 11.9 Å². The van der Waals surface area contributed by atoms with Gasteiger partial charge in [0.1, 0.15) is 15.8 Å². The molecule has 0 saturated carbocycles. The largest absolute Gasteiger partial charge is 0.370 e. The van der Waals surface area contributed by atoms with Crippen molar-refractivity contribution in [2.45, 2.75) is 20.4 Å². The van der Waals surface area contributed by atoms with Crippen LogP contribution in [0.25, 0.3) is 11.7 Å². The summed E-state index contributed by atoms with van der Waals surface area (Å²) in [5.41, 5.74) is 2.34. The molecule has 1 aliphatic rings. The Morgan fingerprint density at radius 3 is 2.74 bits per heavy atom. The number of anilines is 1. The van der Waals surface area contributed by atoms with E-state index < -0.39 is 0 Å². The number of pyridine rings is 1. The van der Waals surface area contributed by atoms with Crippen LogP contribution in [0.1, 0.15) is 23.6 Å². The van der Waals surface area contributed by atoms with E-state index in [0.717, 1.165) is 11.1 Å². The Morgan fingerprint density at radius 2 is 2.00 bits per heavy atom. The van der Waals surface area contributed by atoms with E-state index in [1.807, 2.05) is 38.1 Å². The second-order valence-corrected chi connectivity index (χ2v) is 9.04. The summed E-state index contributed by atoms with van der Waals surface area (Å²) in [5, 5.41) is 3.71. The lowest BCUT2D eigenvalue weighted by molar-refractivity contribution is -0.122. The number of carbonyl (C=O) groups is 1. The van der Waals surface area contributed by atoms with Crippen molar-refractivity contribution >= 4 is 63.3 Å². The third-order valence-electron chi connectivity index (χ3n) is 4.86. The standard InChI is InChI=1S/C22H19ClN4O2S2/c1-3-24-18-15(20(28)26-10-6-7-13(2)19(26)25-18)11-17-21(29)27(22(30)31-17)12-14-8-4-5-9-16(14)23/h4-11,24H,3,12H2,1-2H3/b17-11+. The highest BCUT2D eigenvalue weighted by atomic mass is 35.5. The average molecular weight is 471 g/mol. The molecule has 1 aliphatic heterocycles. The first-order chi connectivity index (χ1) is 14.9. The van der Waals surface area contributed by atoms with Gasteiger partial charge in [-0.15, -0.1) is 0 Å². The van der Waals surface area contributed by atoms with Crippen molar-refractivity contribution in [2.24, 2.45) is 0 Å². The van der Waals surface area contributed by atoms with Crippen molar-refractivity contribution in [3.63, 3.8) is 0 Å². The summed E-state index contributed by atoms with van der Waals surface area (Å²) in [6.07, 6.45) is 3.25. The fourth-order valence-corrected chi connectivity index (χ4v) is 4.74. The van der Waals surface area contributed by atoms with E-state index in [9.17, 15) is 9.59 Å². The molecule has 0 atom stereocenters. The van der Waals surface area contributed by atoms with Gasteiger partial charge in [0.05, 0.1) is 17.0 Å². The summed E-state index contributed by atoms with van der Waals surface area (Å²) in [4.78, 5) is 32.8. The van der Waals surface area contributed by atoms with Crippen molar-refractivity contribution in [1.82, 2.24) is 14.3 Å². The molecule has 0 bridgehead atoms. The van der Waals surface area contributed by atoms with Gasteiger partial charge in [-0.25, -0.2) is 4.98 Å². The molecule has 1 fully saturated rings. The molecule has 6 nitrogen and oxygen atoms in total. The van der Waals surface area contributed by atoms with Crippen molar-refractivity contribution in [3.05, 3.63) is 79.6 Å². The number of aromatic nitrogens is 2. The molecule has 1 N–H and O–H groups in total. The van der Waals surface area contributed by atoms with Gasteiger partial charge in [0, 0.05) is 17.8 Å². The number of nitrogens with one attached hydrogen (secondary N) is 1. The number of thioether (sulfide) groups is 1. The number of halogens is 1. The predicted molar refractivity (Wildman–Crippen MR) is 131 cm³/mol. The quantitative estimate of drug-likeness (QED) is 0.437. The van der Waals surface area contributed by atoms with Crippen molar-refractivity contribution in [3.8, 4) is 0 Å². The molecular formula is C22H19ClN4O2S2. The normalized spacial score (nSPS) is 15.3.